The third-order valence-corrected chi connectivity index (χ3v) is 10.3. The Balaban J connectivity index is 1.02. The molecule has 0 saturated heterocycles. The van der Waals surface area contributed by atoms with Crippen LogP contribution >= 0.6 is 0 Å². The van der Waals surface area contributed by atoms with Crippen molar-refractivity contribution in [1.29, 1.82) is 0 Å². The summed E-state index contributed by atoms with van der Waals surface area (Å²) < 4.78 is 6.54. The lowest BCUT2D eigenvalue weighted by atomic mass is 9.83. The Morgan fingerprint density at radius 3 is 1.57 bits per heavy atom. The molecule has 250 valence electrons. The number of hydrogen-bond acceptors (Lipinski definition) is 4. The summed E-state index contributed by atoms with van der Waals surface area (Å²) in [4.78, 5) is 15.3. The zero-order chi connectivity index (χ0) is 35.1. The molecule has 53 heavy (non-hydrogen) atoms. The highest BCUT2D eigenvalue weighted by Crippen LogP contribution is 2.49. The quantitative estimate of drug-likeness (QED) is 0.175. The maximum atomic E-state index is 6.54. The van der Waals surface area contributed by atoms with Crippen molar-refractivity contribution >= 4 is 16.3 Å². The molecule has 7 aromatic carbocycles. The molecule has 2 atom stereocenters. The van der Waals surface area contributed by atoms with E-state index in [1.54, 1.807) is 0 Å². The van der Waals surface area contributed by atoms with E-state index in [4.69, 9.17) is 19.7 Å². The van der Waals surface area contributed by atoms with Gasteiger partial charge in [0.15, 0.2) is 17.5 Å². The van der Waals surface area contributed by atoms with Gasteiger partial charge in [0.05, 0.1) is 5.92 Å². The number of allylic oxidation sites excluding steroid dienone is 2. The standard InChI is InChI=1S/C49H33N3O/c1-3-10-32(11-4-1)34-18-20-35(21-19-34)36-22-25-38(26-23-36)48-50-47(37-13-5-2-6-14-37)51-49(52-48)42-16-9-17-45-46(42)43-31-41(28-29-44(43)53-45)40-27-24-33-12-7-8-15-39(33)30-40/h1-31,45-46H. The molecule has 2 aliphatic rings. The van der Waals surface area contributed by atoms with Crippen molar-refractivity contribution in [2.24, 2.45) is 0 Å². The molecule has 1 aliphatic carbocycles. The van der Waals surface area contributed by atoms with Crippen LogP contribution in [0.15, 0.2) is 188 Å². The van der Waals surface area contributed by atoms with Gasteiger partial charge in [0.2, 0.25) is 0 Å². The minimum absolute atomic E-state index is 0.0597. The summed E-state index contributed by atoms with van der Waals surface area (Å²) >= 11 is 0. The summed E-state index contributed by atoms with van der Waals surface area (Å²) in [7, 11) is 0. The van der Waals surface area contributed by atoms with E-state index in [9.17, 15) is 0 Å². The van der Waals surface area contributed by atoms with Crippen molar-refractivity contribution < 1.29 is 4.74 Å². The molecule has 0 saturated carbocycles. The third-order valence-electron chi connectivity index (χ3n) is 10.3. The summed E-state index contributed by atoms with van der Waals surface area (Å²) in [6, 6.07) is 59.5. The van der Waals surface area contributed by atoms with Gasteiger partial charge in [-0.1, -0.05) is 164 Å². The lowest BCUT2D eigenvalue weighted by Crippen LogP contribution is -2.20. The second kappa shape index (κ2) is 13.0. The molecule has 2 heterocycles. The van der Waals surface area contributed by atoms with Crippen LogP contribution in [0.5, 0.6) is 5.75 Å². The molecule has 0 radical (unpaired) electrons. The van der Waals surface area contributed by atoms with Crippen LogP contribution < -0.4 is 4.74 Å². The van der Waals surface area contributed by atoms with E-state index in [2.05, 4.69) is 152 Å². The molecular formula is C49H33N3O. The van der Waals surface area contributed by atoms with Crippen molar-refractivity contribution in [3.05, 3.63) is 199 Å². The van der Waals surface area contributed by atoms with Gasteiger partial charge >= 0.3 is 0 Å². The Morgan fingerprint density at radius 2 is 0.887 bits per heavy atom. The Kier molecular flexibility index (Phi) is 7.58. The fourth-order valence-electron chi connectivity index (χ4n) is 7.57. The maximum Gasteiger partial charge on any atom is 0.164 e. The molecule has 0 amide bonds. The van der Waals surface area contributed by atoms with Crippen molar-refractivity contribution in [3.8, 4) is 61.9 Å². The smallest absolute Gasteiger partial charge is 0.164 e. The van der Waals surface area contributed by atoms with Gasteiger partial charge in [-0.15, -0.1) is 0 Å². The summed E-state index contributed by atoms with van der Waals surface area (Å²) in [6.07, 6.45) is 6.19. The van der Waals surface area contributed by atoms with Crippen LogP contribution in [0.25, 0.3) is 72.5 Å². The van der Waals surface area contributed by atoms with Crippen LogP contribution in [0.1, 0.15) is 17.3 Å². The van der Waals surface area contributed by atoms with E-state index < -0.39 is 0 Å². The molecule has 4 heteroatoms. The highest BCUT2D eigenvalue weighted by atomic mass is 16.5. The predicted molar refractivity (Wildman–Crippen MR) is 215 cm³/mol. The molecule has 2 unspecified atom stereocenters. The van der Waals surface area contributed by atoms with E-state index in [0.717, 1.165) is 44.7 Å². The van der Waals surface area contributed by atoms with E-state index in [1.807, 2.05) is 36.4 Å². The monoisotopic (exact) mass is 679 g/mol. The van der Waals surface area contributed by atoms with Crippen molar-refractivity contribution in [2.75, 3.05) is 0 Å². The van der Waals surface area contributed by atoms with Gasteiger partial charge in [0.1, 0.15) is 11.9 Å². The van der Waals surface area contributed by atoms with Gasteiger partial charge in [-0.25, -0.2) is 15.0 Å². The van der Waals surface area contributed by atoms with Crippen molar-refractivity contribution in [2.45, 2.75) is 12.0 Å². The number of rotatable bonds is 6. The van der Waals surface area contributed by atoms with E-state index >= 15 is 0 Å². The Labute approximate surface area is 308 Å². The normalized spacial score (nSPS) is 15.7. The van der Waals surface area contributed by atoms with Gasteiger partial charge in [-0.3, -0.25) is 0 Å². The van der Waals surface area contributed by atoms with Crippen LogP contribution in [0.2, 0.25) is 0 Å². The second-order valence-corrected chi connectivity index (χ2v) is 13.6. The Bertz CT molecular complexity index is 2680. The lowest BCUT2D eigenvalue weighted by Gasteiger charge is -2.22. The first kappa shape index (κ1) is 30.9. The van der Waals surface area contributed by atoms with Crippen molar-refractivity contribution in [1.82, 2.24) is 15.0 Å². The van der Waals surface area contributed by atoms with Gasteiger partial charge in [0, 0.05) is 22.3 Å². The van der Waals surface area contributed by atoms with Gasteiger partial charge < -0.3 is 4.74 Å². The average molecular weight is 680 g/mol. The molecule has 0 N–H and O–H groups in total. The number of nitrogens with zero attached hydrogens (tertiary/aromatic N) is 3. The predicted octanol–water partition coefficient (Wildman–Crippen LogP) is 11.9. The Morgan fingerprint density at radius 1 is 0.396 bits per heavy atom. The maximum absolute atomic E-state index is 6.54. The SMILES string of the molecule is C1=CC2Oc3ccc(-c4ccc5ccccc5c4)cc3C2C(c2nc(-c3ccccc3)nc(-c3ccc(-c4ccc(-c5ccccc5)cc4)cc3)n2)=C1. The summed E-state index contributed by atoms with van der Waals surface area (Å²) in [5, 5.41) is 2.46. The summed E-state index contributed by atoms with van der Waals surface area (Å²) in [6.45, 7) is 0. The van der Waals surface area contributed by atoms with Crippen LogP contribution in [-0.2, 0) is 0 Å². The summed E-state index contributed by atoms with van der Waals surface area (Å²) in [5.41, 5.74) is 11.1. The molecule has 0 bridgehead atoms. The topological polar surface area (TPSA) is 47.9 Å². The minimum atomic E-state index is -0.148. The second-order valence-electron chi connectivity index (χ2n) is 13.6. The van der Waals surface area contributed by atoms with Crippen LogP contribution in [0.4, 0.5) is 0 Å². The van der Waals surface area contributed by atoms with E-state index in [-0.39, 0.29) is 12.0 Å². The molecule has 10 rings (SSSR count). The van der Waals surface area contributed by atoms with Crippen LogP contribution in [-0.4, -0.2) is 21.1 Å². The van der Waals surface area contributed by atoms with Crippen molar-refractivity contribution in [3.63, 3.8) is 0 Å². The van der Waals surface area contributed by atoms with Gasteiger partial charge in [-0.05, 0) is 68.4 Å². The van der Waals surface area contributed by atoms with E-state index in [1.165, 1.54) is 27.5 Å². The molecule has 4 nitrogen and oxygen atoms in total. The Hall–Kier alpha value is -6.91. The summed E-state index contributed by atoms with van der Waals surface area (Å²) in [5.74, 6) is 2.77. The molecule has 1 aromatic heterocycles. The van der Waals surface area contributed by atoms with Gasteiger partial charge in [0.25, 0.3) is 0 Å². The highest BCUT2D eigenvalue weighted by Gasteiger charge is 2.39. The van der Waals surface area contributed by atoms with Crippen LogP contribution in [0.3, 0.4) is 0 Å². The first-order valence-corrected chi connectivity index (χ1v) is 18.0. The molecule has 0 spiro atoms. The highest BCUT2D eigenvalue weighted by molar-refractivity contribution is 5.88. The molecule has 1 aliphatic heterocycles. The largest absolute Gasteiger partial charge is 0.485 e. The zero-order valence-electron chi connectivity index (χ0n) is 28.8. The number of benzene rings is 7. The first-order chi connectivity index (χ1) is 26.2. The zero-order valence-corrected chi connectivity index (χ0v) is 28.8. The number of fused-ring (bicyclic) bond motifs is 4. The van der Waals surface area contributed by atoms with E-state index in [0.29, 0.717) is 17.5 Å². The first-order valence-electron chi connectivity index (χ1n) is 18.0. The fourth-order valence-corrected chi connectivity index (χ4v) is 7.57. The fraction of sp³-hybridized carbons (Fsp3) is 0.0408. The number of aromatic nitrogens is 3. The molecular weight excluding hydrogens is 647 g/mol. The third kappa shape index (κ3) is 5.81. The van der Waals surface area contributed by atoms with Crippen LogP contribution in [0, 0.1) is 0 Å². The minimum Gasteiger partial charge on any atom is -0.485 e. The molecule has 0 fully saturated rings. The number of hydrogen-bond donors (Lipinski definition) is 0. The molecule has 8 aromatic rings. The lowest BCUT2D eigenvalue weighted by molar-refractivity contribution is 0.271. The number of ether oxygens (including phenoxy) is 1. The van der Waals surface area contributed by atoms with Gasteiger partial charge in [-0.2, -0.15) is 0 Å². The average Bonchev–Trinajstić information content (AvgIpc) is 3.62.